The van der Waals surface area contributed by atoms with Gasteiger partial charge in [0.2, 0.25) is 5.91 Å². The van der Waals surface area contributed by atoms with Crippen molar-refractivity contribution >= 4 is 81.2 Å². The maximum atomic E-state index is 13.9. The van der Waals surface area contributed by atoms with Crippen LogP contribution in [0.1, 0.15) is 21.8 Å². The highest BCUT2D eigenvalue weighted by Crippen LogP contribution is 2.65. The standard InChI is InChI=1S/C23H13Cl5F2N2O2/c24-11-5-10(6-12(25)7-11)19-20(23(19,27)28)22(34)31-14-2-4-16(26)18(9-14)32-21(33)15-3-1-13(29)8-17(15)30/h1-9,19-20H,(H,31,34)(H,32,33)/t19-,20+/m0/s1. The molecule has 0 saturated heterocycles. The van der Waals surface area contributed by atoms with Crippen molar-refractivity contribution in [3.63, 3.8) is 0 Å². The van der Waals surface area contributed by atoms with Crippen LogP contribution in [0, 0.1) is 17.6 Å². The highest BCUT2D eigenvalue weighted by atomic mass is 35.5. The van der Waals surface area contributed by atoms with Crippen LogP contribution in [-0.4, -0.2) is 16.1 Å². The van der Waals surface area contributed by atoms with E-state index in [1.54, 1.807) is 18.2 Å². The maximum absolute atomic E-state index is 13.9. The fourth-order valence-electron chi connectivity index (χ4n) is 3.60. The molecule has 0 heterocycles. The van der Waals surface area contributed by atoms with Crippen molar-refractivity contribution in [1.29, 1.82) is 0 Å². The van der Waals surface area contributed by atoms with Crippen molar-refractivity contribution in [1.82, 2.24) is 0 Å². The molecule has 0 radical (unpaired) electrons. The van der Waals surface area contributed by atoms with Gasteiger partial charge in [-0.1, -0.05) is 34.8 Å². The first-order valence-electron chi connectivity index (χ1n) is 9.68. The Balaban J connectivity index is 1.51. The summed E-state index contributed by atoms with van der Waals surface area (Å²) in [5.74, 6) is -4.50. The lowest BCUT2D eigenvalue weighted by Gasteiger charge is -2.11. The van der Waals surface area contributed by atoms with Gasteiger partial charge in [-0.15, -0.1) is 23.2 Å². The van der Waals surface area contributed by atoms with Gasteiger partial charge in [0, 0.05) is 27.7 Å². The molecule has 0 spiro atoms. The van der Waals surface area contributed by atoms with Crippen molar-refractivity contribution in [2.24, 2.45) is 5.92 Å². The van der Waals surface area contributed by atoms with Gasteiger partial charge in [0.05, 0.1) is 22.2 Å². The first-order valence-corrected chi connectivity index (χ1v) is 11.6. The normalized spacial score (nSPS) is 18.3. The molecule has 176 valence electrons. The van der Waals surface area contributed by atoms with Crippen LogP contribution < -0.4 is 10.6 Å². The fraction of sp³-hybridized carbons (Fsp3) is 0.130. The Bertz CT molecular complexity index is 1300. The summed E-state index contributed by atoms with van der Waals surface area (Å²) in [6, 6.07) is 11.7. The summed E-state index contributed by atoms with van der Waals surface area (Å²) in [6.45, 7) is 0. The Morgan fingerprint density at radius 2 is 1.53 bits per heavy atom. The van der Waals surface area contributed by atoms with Crippen LogP contribution in [0.5, 0.6) is 0 Å². The second kappa shape index (κ2) is 9.51. The van der Waals surface area contributed by atoms with Gasteiger partial charge in [0.1, 0.15) is 16.0 Å². The Morgan fingerprint density at radius 1 is 0.853 bits per heavy atom. The van der Waals surface area contributed by atoms with Gasteiger partial charge in [0.25, 0.3) is 5.91 Å². The summed E-state index contributed by atoms with van der Waals surface area (Å²) in [4.78, 5) is 25.3. The number of hydrogen-bond acceptors (Lipinski definition) is 2. The Labute approximate surface area is 218 Å². The largest absolute Gasteiger partial charge is 0.326 e. The molecule has 0 bridgehead atoms. The van der Waals surface area contributed by atoms with E-state index in [1.807, 2.05) is 0 Å². The van der Waals surface area contributed by atoms with Crippen LogP contribution in [0.25, 0.3) is 0 Å². The Morgan fingerprint density at radius 3 is 2.18 bits per heavy atom. The first kappa shape index (κ1) is 25.0. The number of anilines is 2. The average molecular weight is 565 g/mol. The minimum Gasteiger partial charge on any atom is -0.326 e. The number of halogens is 7. The molecule has 34 heavy (non-hydrogen) atoms. The first-order chi connectivity index (χ1) is 16.0. The van der Waals surface area contributed by atoms with E-state index in [0.717, 1.165) is 12.1 Å². The van der Waals surface area contributed by atoms with E-state index >= 15 is 0 Å². The third kappa shape index (κ3) is 5.11. The molecule has 11 heteroatoms. The average Bonchev–Trinajstić information content (AvgIpc) is 3.32. The third-order valence-corrected chi connectivity index (χ3v) is 6.94. The van der Waals surface area contributed by atoms with E-state index in [-0.39, 0.29) is 22.0 Å². The predicted octanol–water partition coefficient (Wildman–Crippen LogP) is 7.70. The van der Waals surface area contributed by atoms with E-state index in [9.17, 15) is 18.4 Å². The number of carbonyl (C=O) groups excluding carboxylic acids is 2. The molecule has 3 aromatic carbocycles. The van der Waals surface area contributed by atoms with Crippen molar-refractivity contribution in [2.75, 3.05) is 10.6 Å². The fourth-order valence-corrected chi connectivity index (χ4v) is 5.14. The number of carbonyl (C=O) groups is 2. The van der Waals surface area contributed by atoms with Crippen LogP contribution in [0.2, 0.25) is 15.1 Å². The lowest BCUT2D eigenvalue weighted by molar-refractivity contribution is -0.117. The lowest BCUT2D eigenvalue weighted by atomic mass is 10.1. The van der Waals surface area contributed by atoms with Gasteiger partial charge < -0.3 is 10.6 Å². The van der Waals surface area contributed by atoms with Crippen LogP contribution in [0.15, 0.2) is 54.6 Å². The number of rotatable bonds is 5. The number of alkyl halides is 2. The number of hydrogen-bond donors (Lipinski definition) is 2. The van der Waals surface area contributed by atoms with Gasteiger partial charge >= 0.3 is 0 Å². The molecule has 3 aromatic rings. The molecule has 1 fully saturated rings. The second-order valence-electron chi connectivity index (χ2n) is 7.59. The minimum atomic E-state index is -1.37. The molecule has 0 unspecified atom stereocenters. The summed E-state index contributed by atoms with van der Waals surface area (Å²) in [6.07, 6.45) is 0. The van der Waals surface area contributed by atoms with Crippen molar-refractivity contribution in [3.05, 3.63) is 92.4 Å². The second-order valence-corrected chi connectivity index (χ2v) is 10.3. The molecule has 1 aliphatic carbocycles. The number of nitrogens with one attached hydrogen (secondary N) is 2. The lowest BCUT2D eigenvalue weighted by Crippen LogP contribution is -2.18. The molecule has 1 aliphatic rings. The molecular weight excluding hydrogens is 552 g/mol. The molecule has 2 amide bonds. The zero-order valence-electron chi connectivity index (χ0n) is 16.8. The van der Waals surface area contributed by atoms with E-state index < -0.39 is 39.6 Å². The molecule has 2 N–H and O–H groups in total. The zero-order chi connectivity index (χ0) is 24.8. The number of benzene rings is 3. The van der Waals surface area contributed by atoms with Crippen LogP contribution >= 0.6 is 58.0 Å². The highest BCUT2D eigenvalue weighted by molar-refractivity contribution is 6.53. The summed E-state index contributed by atoms with van der Waals surface area (Å²) < 4.78 is 25.7. The summed E-state index contributed by atoms with van der Waals surface area (Å²) >= 11 is 31.0. The summed E-state index contributed by atoms with van der Waals surface area (Å²) in [5.41, 5.74) is 0.628. The predicted molar refractivity (Wildman–Crippen MR) is 132 cm³/mol. The van der Waals surface area contributed by atoms with Crippen molar-refractivity contribution in [2.45, 2.75) is 10.3 Å². The Hall–Kier alpha value is -2.09. The van der Waals surface area contributed by atoms with E-state index in [1.165, 1.54) is 18.2 Å². The topological polar surface area (TPSA) is 58.2 Å². The molecule has 0 aliphatic heterocycles. The van der Waals surface area contributed by atoms with Gasteiger partial charge in [-0.2, -0.15) is 0 Å². The maximum Gasteiger partial charge on any atom is 0.258 e. The monoisotopic (exact) mass is 562 g/mol. The smallest absolute Gasteiger partial charge is 0.258 e. The van der Waals surface area contributed by atoms with Gasteiger partial charge in [-0.25, -0.2) is 8.78 Å². The van der Waals surface area contributed by atoms with Crippen LogP contribution in [0.3, 0.4) is 0 Å². The van der Waals surface area contributed by atoms with Gasteiger partial charge in [-0.3, -0.25) is 9.59 Å². The van der Waals surface area contributed by atoms with Gasteiger partial charge in [0.15, 0.2) is 0 Å². The molecule has 0 aromatic heterocycles. The van der Waals surface area contributed by atoms with Crippen molar-refractivity contribution < 1.29 is 18.4 Å². The van der Waals surface area contributed by atoms with Crippen molar-refractivity contribution in [3.8, 4) is 0 Å². The third-order valence-electron chi connectivity index (χ3n) is 5.24. The summed E-state index contributed by atoms with van der Waals surface area (Å²) in [5, 5.41) is 6.02. The minimum absolute atomic E-state index is 0.102. The molecule has 4 rings (SSSR count). The van der Waals surface area contributed by atoms with Gasteiger partial charge in [-0.05, 0) is 54.1 Å². The number of amides is 2. The quantitative estimate of drug-likeness (QED) is 0.312. The Kier molecular flexibility index (Phi) is 7.00. The molecule has 4 nitrogen and oxygen atoms in total. The molecule has 2 atom stereocenters. The van der Waals surface area contributed by atoms with E-state index in [4.69, 9.17) is 58.0 Å². The van der Waals surface area contributed by atoms with Crippen LogP contribution in [-0.2, 0) is 4.79 Å². The highest BCUT2D eigenvalue weighted by Gasteiger charge is 2.67. The molecular formula is C23H13Cl5F2N2O2. The van der Waals surface area contributed by atoms with E-state index in [2.05, 4.69) is 10.6 Å². The van der Waals surface area contributed by atoms with E-state index in [0.29, 0.717) is 21.7 Å². The summed E-state index contributed by atoms with van der Waals surface area (Å²) in [7, 11) is 0. The van der Waals surface area contributed by atoms with Crippen LogP contribution in [0.4, 0.5) is 20.2 Å². The zero-order valence-corrected chi connectivity index (χ0v) is 20.6. The SMILES string of the molecule is O=C(Nc1cc(NC(=O)[C@H]2[C@H](c3cc(Cl)cc(Cl)c3)C2(Cl)Cl)ccc1Cl)c1ccc(F)cc1F. The molecule has 1 saturated carbocycles.